The fourth-order valence-electron chi connectivity index (χ4n) is 2.96. The van der Waals surface area contributed by atoms with E-state index in [9.17, 15) is 9.90 Å². The Morgan fingerprint density at radius 3 is 2.73 bits per heavy atom. The van der Waals surface area contributed by atoms with Gasteiger partial charge in [0.05, 0.1) is 6.10 Å². The highest BCUT2D eigenvalue weighted by atomic mass is 32.2. The fourth-order valence-corrected chi connectivity index (χ4v) is 3.75. The van der Waals surface area contributed by atoms with Crippen molar-refractivity contribution in [1.82, 2.24) is 4.90 Å². The molecule has 0 radical (unpaired) electrons. The van der Waals surface area contributed by atoms with Crippen LogP contribution in [0.5, 0.6) is 0 Å². The number of aliphatic hydroxyl groups is 1. The average Bonchev–Trinajstić information content (AvgIpc) is 2.72. The molecule has 1 N–H and O–H groups in total. The zero-order valence-electron chi connectivity index (χ0n) is 19.4. The molecule has 0 aromatic rings. The molecule has 0 aliphatic carbocycles. The van der Waals surface area contributed by atoms with Crippen molar-refractivity contribution in [2.24, 2.45) is 5.92 Å². The minimum atomic E-state index is -0.475. The molecule has 1 aliphatic heterocycles. The molecule has 0 saturated heterocycles. The number of hydrogen-bond acceptors (Lipinski definition) is 3. The number of allylic oxidation sites excluding steroid dienone is 5. The van der Waals surface area contributed by atoms with E-state index < -0.39 is 6.10 Å². The van der Waals surface area contributed by atoms with Crippen molar-refractivity contribution in [3.8, 4) is 11.8 Å². The molecule has 2 unspecified atom stereocenters. The largest absolute Gasteiger partial charge is 0.389 e. The summed E-state index contributed by atoms with van der Waals surface area (Å²) in [6.45, 7) is 8.86. The van der Waals surface area contributed by atoms with Crippen LogP contribution in [0.4, 0.5) is 0 Å². The first-order valence-electron chi connectivity index (χ1n) is 11.0. The van der Waals surface area contributed by atoms with Gasteiger partial charge in [-0.15, -0.1) is 23.6 Å². The second-order valence-electron chi connectivity index (χ2n) is 8.09. The predicted octanol–water partition coefficient (Wildman–Crippen LogP) is 5.89. The zero-order chi connectivity index (χ0) is 22.4. The Kier molecular flexibility index (Phi) is 13.3. The van der Waals surface area contributed by atoms with Gasteiger partial charge in [0.15, 0.2) is 0 Å². The van der Waals surface area contributed by atoms with Gasteiger partial charge >= 0.3 is 0 Å². The Hall–Kier alpha value is -1.70. The second-order valence-corrected chi connectivity index (χ2v) is 9.31. The van der Waals surface area contributed by atoms with Crippen molar-refractivity contribution in [2.75, 3.05) is 19.3 Å². The maximum absolute atomic E-state index is 12.3. The first-order chi connectivity index (χ1) is 14.3. The van der Waals surface area contributed by atoms with E-state index in [2.05, 4.69) is 43.1 Å². The Morgan fingerprint density at radius 1 is 1.30 bits per heavy atom. The number of hydrogen-bond donors (Lipinski definition) is 1. The summed E-state index contributed by atoms with van der Waals surface area (Å²) in [6.07, 6.45) is 14.8. The summed E-state index contributed by atoms with van der Waals surface area (Å²) < 4.78 is 0. The van der Waals surface area contributed by atoms with Gasteiger partial charge in [-0.2, -0.15) is 0 Å². The van der Waals surface area contributed by atoms with Crippen molar-refractivity contribution >= 4 is 17.7 Å². The Balaban J connectivity index is 2.28. The molecule has 3 nitrogen and oxygen atoms in total. The molecule has 1 heterocycles. The van der Waals surface area contributed by atoms with Crippen molar-refractivity contribution in [3.63, 3.8) is 0 Å². The van der Waals surface area contributed by atoms with Crippen LogP contribution in [0.1, 0.15) is 66.2 Å². The second kappa shape index (κ2) is 15.2. The molecule has 0 bridgehead atoms. The molecular formula is C26H39NO2S. The van der Waals surface area contributed by atoms with E-state index in [-0.39, 0.29) is 11.8 Å². The van der Waals surface area contributed by atoms with Crippen LogP contribution in [-0.2, 0) is 4.79 Å². The fraction of sp³-hybridized carbons (Fsp3) is 0.577. The number of amides is 1. The van der Waals surface area contributed by atoms with Crippen LogP contribution < -0.4 is 0 Å². The van der Waals surface area contributed by atoms with Gasteiger partial charge in [0, 0.05) is 38.6 Å². The number of likely N-dealkylation sites (N-methyl/N-ethyl adjacent to an activating group) is 1. The molecule has 0 saturated carbocycles. The van der Waals surface area contributed by atoms with E-state index in [1.54, 1.807) is 4.90 Å². The topological polar surface area (TPSA) is 40.5 Å². The molecule has 0 spiro atoms. The van der Waals surface area contributed by atoms with Crippen molar-refractivity contribution in [3.05, 3.63) is 46.4 Å². The number of aliphatic hydroxyl groups excluding tert-OH is 1. The minimum absolute atomic E-state index is 0.126. The van der Waals surface area contributed by atoms with Crippen LogP contribution in [0.25, 0.3) is 0 Å². The normalized spacial score (nSPS) is 16.4. The van der Waals surface area contributed by atoms with Gasteiger partial charge in [-0.25, -0.2) is 0 Å². The standard InChI is InChI=1S/C26H39NO2S/c1-6-7-8-13-22(3)25(28)19-21(2)12-11-15-26(29)27(5)18-10-9-14-24-17-16-23(4)30-20-24/h9-10,16-17,19,22,25,28H,6,11-15,18,20H2,1-5H3/b10-9-,21-19-. The number of carbonyl (C=O) groups is 1. The van der Waals surface area contributed by atoms with Crippen molar-refractivity contribution < 1.29 is 9.90 Å². The summed E-state index contributed by atoms with van der Waals surface area (Å²) in [4.78, 5) is 15.5. The number of carbonyl (C=O) groups excluding carboxylic acids is 1. The summed E-state index contributed by atoms with van der Waals surface area (Å²) in [5.74, 6) is 7.50. The molecule has 4 heteroatoms. The number of nitrogens with zero attached hydrogens (tertiary/aromatic N) is 1. The first kappa shape index (κ1) is 26.3. The quantitative estimate of drug-likeness (QED) is 0.329. The van der Waals surface area contributed by atoms with Gasteiger partial charge in [0.1, 0.15) is 0 Å². The maximum Gasteiger partial charge on any atom is 0.222 e. The third-order valence-corrected chi connectivity index (χ3v) is 6.22. The Labute approximate surface area is 188 Å². The SMILES string of the molecule is CCC#CCC(C)C(O)/C=C(/C)CCCC(=O)N(C)C/C=C\CC1=CC=C(C)SC1. The van der Waals surface area contributed by atoms with Crippen LogP contribution in [0.2, 0.25) is 0 Å². The molecule has 1 amide bonds. The van der Waals surface area contributed by atoms with E-state index in [0.29, 0.717) is 19.4 Å². The van der Waals surface area contributed by atoms with E-state index in [1.807, 2.05) is 45.7 Å². The molecule has 166 valence electrons. The van der Waals surface area contributed by atoms with Crippen molar-refractivity contribution in [1.29, 1.82) is 0 Å². The molecule has 1 rings (SSSR count). The third kappa shape index (κ3) is 11.5. The van der Waals surface area contributed by atoms with Crippen LogP contribution in [0.15, 0.2) is 46.4 Å². The average molecular weight is 430 g/mol. The zero-order valence-corrected chi connectivity index (χ0v) is 20.2. The van der Waals surface area contributed by atoms with E-state index in [1.165, 1.54) is 10.5 Å². The molecule has 0 aromatic carbocycles. The molecule has 30 heavy (non-hydrogen) atoms. The summed E-state index contributed by atoms with van der Waals surface area (Å²) >= 11 is 1.88. The van der Waals surface area contributed by atoms with Crippen LogP contribution in [-0.4, -0.2) is 41.4 Å². The van der Waals surface area contributed by atoms with Crippen LogP contribution in [0.3, 0.4) is 0 Å². The van der Waals surface area contributed by atoms with Gasteiger partial charge in [-0.1, -0.05) is 55.4 Å². The van der Waals surface area contributed by atoms with E-state index in [0.717, 1.165) is 37.0 Å². The Bertz CT molecular complexity index is 721. The minimum Gasteiger partial charge on any atom is -0.389 e. The lowest BCUT2D eigenvalue weighted by atomic mass is 9.98. The monoisotopic (exact) mass is 429 g/mol. The molecule has 2 atom stereocenters. The highest BCUT2D eigenvalue weighted by molar-refractivity contribution is 8.03. The van der Waals surface area contributed by atoms with Gasteiger partial charge in [-0.3, -0.25) is 4.79 Å². The molecular weight excluding hydrogens is 390 g/mol. The lowest BCUT2D eigenvalue weighted by Crippen LogP contribution is -2.26. The van der Waals surface area contributed by atoms with Gasteiger partial charge in [0.25, 0.3) is 0 Å². The van der Waals surface area contributed by atoms with Gasteiger partial charge in [0.2, 0.25) is 5.91 Å². The predicted molar refractivity (Wildman–Crippen MR) is 131 cm³/mol. The number of thioether (sulfide) groups is 1. The summed E-state index contributed by atoms with van der Waals surface area (Å²) in [5.41, 5.74) is 2.56. The third-order valence-electron chi connectivity index (χ3n) is 5.12. The summed E-state index contributed by atoms with van der Waals surface area (Å²) in [6, 6.07) is 0. The number of rotatable bonds is 11. The lowest BCUT2D eigenvalue weighted by molar-refractivity contribution is -0.129. The molecule has 0 aromatic heterocycles. The van der Waals surface area contributed by atoms with Crippen LogP contribution in [0, 0.1) is 17.8 Å². The van der Waals surface area contributed by atoms with E-state index in [4.69, 9.17) is 0 Å². The molecule has 0 fully saturated rings. The Morgan fingerprint density at radius 2 is 2.07 bits per heavy atom. The highest BCUT2D eigenvalue weighted by Crippen LogP contribution is 2.24. The van der Waals surface area contributed by atoms with Crippen molar-refractivity contribution in [2.45, 2.75) is 72.3 Å². The van der Waals surface area contributed by atoms with E-state index >= 15 is 0 Å². The maximum atomic E-state index is 12.3. The summed E-state index contributed by atoms with van der Waals surface area (Å²) in [7, 11) is 1.86. The first-order valence-corrected chi connectivity index (χ1v) is 12.0. The lowest BCUT2D eigenvalue weighted by Gasteiger charge is -2.16. The smallest absolute Gasteiger partial charge is 0.222 e. The summed E-state index contributed by atoms with van der Waals surface area (Å²) in [5, 5.41) is 10.3. The molecule has 1 aliphatic rings. The van der Waals surface area contributed by atoms with Gasteiger partial charge < -0.3 is 10.0 Å². The highest BCUT2D eigenvalue weighted by Gasteiger charge is 2.11. The van der Waals surface area contributed by atoms with Crippen LogP contribution >= 0.6 is 11.8 Å². The van der Waals surface area contributed by atoms with Gasteiger partial charge in [-0.05, 0) is 43.9 Å².